The summed E-state index contributed by atoms with van der Waals surface area (Å²) >= 11 is 0. The van der Waals surface area contributed by atoms with Crippen molar-refractivity contribution >= 4 is 16.7 Å². The second-order valence-corrected chi connectivity index (χ2v) is 8.07. The van der Waals surface area contributed by atoms with E-state index in [0.717, 1.165) is 18.4 Å². The smallest absolute Gasteiger partial charge is 0.275 e. The van der Waals surface area contributed by atoms with Gasteiger partial charge in [0.1, 0.15) is 5.82 Å². The maximum absolute atomic E-state index is 13.6. The number of amides is 1. The third-order valence-corrected chi connectivity index (χ3v) is 5.10. The first-order valence-corrected chi connectivity index (χ1v) is 9.99. The Hall–Kier alpha value is -3.02. The van der Waals surface area contributed by atoms with Crippen molar-refractivity contribution in [3.63, 3.8) is 0 Å². The summed E-state index contributed by atoms with van der Waals surface area (Å²) in [6.45, 7) is 4.77. The summed E-state index contributed by atoms with van der Waals surface area (Å²) in [7, 11) is 0. The number of carbonyl (C=O) groups is 1. The van der Waals surface area contributed by atoms with Crippen LogP contribution in [0.4, 0.5) is 4.39 Å². The molecular formula is C23H24FN3O2. The van der Waals surface area contributed by atoms with Crippen molar-refractivity contribution < 1.29 is 9.18 Å². The third-order valence-electron chi connectivity index (χ3n) is 5.10. The monoisotopic (exact) mass is 393 g/mol. The average Bonchev–Trinajstić information content (AvgIpc) is 3.53. The highest BCUT2D eigenvalue weighted by molar-refractivity contribution is 6.05. The highest BCUT2D eigenvalue weighted by atomic mass is 19.1. The van der Waals surface area contributed by atoms with Crippen molar-refractivity contribution in [1.82, 2.24) is 14.7 Å². The standard InChI is InChI=1S/C23H24FN3O2/c1-15(2)13-27-22(28)20-9-4-3-8-19(20)21(25-27)23(29)26(18-10-11-18)14-16-6-5-7-17(24)12-16/h3-9,12,15,18H,10-11,13-14H2,1-2H3. The Morgan fingerprint density at radius 2 is 1.90 bits per heavy atom. The lowest BCUT2D eigenvalue weighted by atomic mass is 10.1. The Morgan fingerprint density at radius 3 is 2.55 bits per heavy atom. The molecule has 0 bridgehead atoms. The number of hydrogen-bond donors (Lipinski definition) is 0. The van der Waals surface area contributed by atoms with Gasteiger partial charge in [-0.2, -0.15) is 5.10 Å². The molecule has 0 radical (unpaired) electrons. The summed E-state index contributed by atoms with van der Waals surface area (Å²) in [5.41, 5.74) is 0.836. The first kappa shape index (κ1) is 19.3. The Morgan fingerprint density at radius 1 is 1.17 bits per heavy atom. The lowest BCUT2D eigenvalue weighted by molar-refractivity contribution is 0.0723. The van der Waals surface area contributed by atoms with E-state index in [2.05, 4.69) is 5.10 Å². The number of benzene rings is 2. The highest BCUT2D eigenvalue weighted by Crippen LogP contribution is 2.30. The van der Waals surface area contributed by atoms with E-state index in [4.69, 9.17) is 0 Å². The van der Waals surface area contributed by atoms with Gasteiger partial charge in [0.25, 0.3) is 11.5 Å². The first-order valence-electron chi connectivity index (χ1n) is 9.99. The lowest BCUT2D eigenvalue weighted by Gasteiger charge is -2.23. The molecule has 5 nitrogen and oxygen atoms in total. The molecule has 0 N–H and O–H groups in total. The molecule has 0 saturated heterocycles. The van der Waals surface area contributed by atoms with Crippen molar-refractivity contribution in [2.24, 2.45) is 5.92 Å². The van der Waals surface area contributed by atoms with Crippen LogP contribution in [0, 0.1) is 11.7 Å². The zero-order valence-corrected chi connectivity index (χ0v) is 16.6. The largest absolute Gasteiger partial charge is 0.330 e. The van der Waals surface area contributed by atoms with E-state index >= 15 is 0 Å². The molecule has 1 fully saturated rings. The summed E-state index contributed by atoms with van der Waals surface area (Å²) in [5.74, 6) is -0.318. The van der Waals surface area contributed by atoms with Gasteiger partial charge in [0.15, 0.2) is 5.69 Å². The van der Waals surface area contributed by atoms with Crippen LogP contribution in [0.15, 0.2) is 53.3 Å². The summed E-state index contributed by atoms with van der Waals surface area (Å²) in [5, 5.41) is 5.53. The van der Waals surface area contributed by atoms with Gasteiger partial charge >= 0.3 is 0 Å². The van der Waals surface area contributed by atoms with E-state index in [9.17, 15) is 14.0 Å². The Balaban J connectivity index is 1.78. The van der Waals surface area contributed by atoms with Crippen molar-refractivity contribution in [2.45, 2.75) is 45.8 Å². The van der Waals surface area contributed by atoms with Crippen molar-refractivity contribution in [2.75, 3.05) is 0 Å². The maximum Gasteiger partial charge on any atom is 0.275 e. The molecule has 4 rings (SSSR count). The fourth-order valence-corrected chi connectivity index (χ4v) is 3.58. The summed E-state index contributed by atoms with van der Waals surface area (Å²) in [6, 6.07) is 13.5. The molecule has 3 aromatic rings. The van der Waals surface area contributed by atoms with Crippen molar-refractivity contribution in [1.29, 1.82) is 0 Å². The van der Waals surface area contributed by atoms with E-state index in [1.54, 1.807) is 35.2 Å². The molecule has 0 unspecified atom stereocenters. The van der Waals surface area contributed by atoms with E-state index < -0.39 is 0 Å². The Bertz CT molecular complexity index is 1120. The zero-order chi connectivity index (χ0) is 20.5. The third kappa shape index (κ3) is 4.06. The van der Waals surface area contributed by atoms with Crippen LogP contribution in [0.25, 0.3) is 10.8 Å². The molecule has 0 spiro atoms. The van der Waals surface area contributed by atoms with Gasteiger partial charge in [-0.05, 0) is 42.5 Å². The SMILES string of the molecule is CC(C)Cn1nc(C(=O)N(Cc2cccc(F)c2)C2CC2)c2ccccc2c1=O. The van der Waals surface area contributed by atoms with Crippen molar-refractivity contribution in [3.05, 3.63) is 76.0 Å². The molecular weight excluding hydrogens is 369 g/mol. The molecule has 150 valence electrons. The second-order valence-electron chi connectivity index (χ2n) is 8.07. The number of rotatable bonds is 6. The van der Waals surface area contributed by atoms with Gasteiger partial charge in [-0.25, -0.2) is 9.07 Å². The van der Waals surface area contributed by atoms with Crippen LogP contribution in [-0.2, 0) is 13.1 Å². The Kier molecular flexibility index (Phi) is 5.18. The van der Waals surface area contributed by atoms with Crippen LogP contribution in [0.1, 0.15) is 42.7 Å². The number of hydrogen-bond acceptors (Lipinski definition) is 3. The average molecular weight is 393 g/mol. The summed E-state index contributed by atoms with van der Waals surface area (Å²) in [4.78, 5) is 28.1. The van der Waals surface area contributed by atoms with E-state index in [1.165, 1.54) is 16.8 Å². The van der Waals surface area contributed by atoms with Crippen LogP contribution in [0.2, 0.25) is 0 Å². The van der Waals surface area contributed by atoms with Gasteiger partial charge in [-0.15, -0.1) is 0 Å². The fourth-order valence-electron chi connectivity index (χ4n) is 3.58. The molecule has 1 aliphatic carbocycles. The molecule has 2 aromatic carbocycles. The van der Waals surface area contributed by atoms with Crippen LogP contribution < -0.4 is 5.56 Å². The zero-order valence-electron chi connectivity index (χ0n) is 16.6. The second kappa shape index (κ2) is 7.78. The number of halogens is 1. The van der Waals surface area contributed by atoms with Gasteiger partial charge in [0.2, 0.25) is 0 Å². The summed E-state index contributed by atoms with van der Waals surface area (Å²) in [6.07, 6.45) is 1.84. The minimum absolute atomic E-state index is 0.122. The predicted octanol–water partition coefficient (Wildman–Crippen LogP) is 4.00. The summed E-state index contributed by atoms with van der Waals surface area (Å²) < 4.78 is 15.0. The molecule has 29 heavy (non-hydrogen) atoms. The van der Waals surface area contributed by atoms with Gasteiger partial charge in [0.05, 0.1) is 5.39 Å². The van der Waals surface area contributed by atoms with E-state index in [0.29, 0.717) is 23.9 Å². The minimum atomic E-state index is -0.320. The normalized spacial score (nSPS) is 13.8. The molecule has 1 aromatic heterocycles. The molecule has 0 atom stereocenters. The molecule has 1 heterocycles. The Labute approximate surface area is 168 Å². The minimum Gasteiger partial charge on any atom is -0.330 e. The first-order chi connectivity index (χ1) is 13.9. The molecule has 1 aliphatic rings. The number of fused-ring (bicyclic) bond motifs is 1. The lowest BCUT2D eigenvalue weighted by Crippen LogP contribution is -2.36. The van der Waals surface area contributed by atoms with E-state index in [-0.39, 0.29) is 34.9 Å². The predicted molar refractivity (Wildman–Crippen MR) is 110 cm³/mol. The van der Waals surface area contributed by atoms with Gasteiger partial charge in [-0.3, -0.25) is 9.59 Å². The van der Waals surface area contributed by atoms with Crippen LogP contribution in [-0.4, -0.2) is 26.6 Å². The van der Waals surface area contributed by atoms with E-state index in [1.807, 2.05) is 19.9 Å². The topological polar surface area (TPSA) is 55.2 Å². The number of carbonyl (C=O) groups excluding carboxylic acids is 1. The van der Waals surface area contributed by atoms with Gasteiger partial charge in [-0.1, -0.05) is 44.2 Å². The van der Waals surface area contributed by atoms with Crippen LogP contribution in [0.5, 0.6) is 0 Å². The quantitative estimate of drug-likeness (QED) is 0.636. The molecule has 1 saturated carbocycles. The molecule has 0 aliphatic heterocycles. The van der Waals surface area contributed by atoms with Gasteiger partial charge in [0, 0.05) is 24.5 Å². The number of aromatic nitrogens is 2. The fraction of sp³-hybridized carbons (Fsp3) is 0.348. The maximum atomic E-state index is 13.6. The molecule has 1 amide bonds. The van der Waals surface area contributed by atoms with Crippen LogP contribution >= 0.6 is 0 Å². The van der Waals surface area contributed by atoms with Gasteiger partial charge < -0.3 is 4.90 Å². The molecule has 6 heteroatoms. The number of nitrogens with zero attached hydrogens (tertiary/aromatic N) is 3. The highest BCUT2D eigenvalue weighted by Gasteiger charge is 2.35. The van der Waals surface area contributed by atoms with Crippen molar-refractivity contribution in [3.8, 4) is 0 Å². The van der Waals surface area contributed by atoms with Crippen LogP contribution in [0.3, 0.4) is 0 Å².